The third-order valence-corrected chi connectivity index (χ3v) is 6.87. The second kappa shape index (κ2) is 9.67. The maximum Gasteiger partial charge on any atom is 0.271 e. The zero-order valence-electron chi connectivity index (χ0n) is 16.9. The van der Waals surface area contributed by atoms with Gasteiger partial charge in [-0.2, -0.15) is 9.36 Å². The molecule has 3 aromatic heterocycles. The van der Waals surface area contributed by atoms with E-state index >= 15 is 0 Å². The summed E-state index contributed by atoms with van der Waals surface area (Å²) in [5.41, 5.74) is 1.24. The van der Waals surface area contributed by atoms with E-state index < -0.39 is 0 Å². The highest BCUT2D eigenvalue weighted by molar-refractivity contribution is 7.17. The van der Waals surface area contributed by atoms with Crippen LogP contribution in [0.1, 0.15) is 49.5 Å². The molecule has 8 nitrogen and oxygen atoms in total. The first kappa shape index (κ1) is 21.0. The number of amides is 1. The van der Waals surface area contributed by atoms with Crippen molar-refractivity contribution in [3.63, 3.8) is 0 Å². The molecule has 1 fully saturated rings. The Kier molecular flexibility index (Phi) is 6.76. The third-order valence-electron chi connectivity index (χ3n) is 5.26. The fourth-order valence-electron chi connectivity index (χ4n) is 3.54. The number of carbonyl (C=O) groups is 1. The first-order valence-corrected chi connectivity index (χ1v) is 11.9. The van der Waals surface area contributed by atoms with E-state index in [0.717, 1.165) is 34.8 Å². The molecule has 10 heteroatoms. The van der Waals surface area contributed by atoms with Gasteiger partial charge in [-0.3, -0.25) is 4.79 Å². The Balaban J connectivity index is 1.47. The number of aliphatic hydroxyl groups is 1. The summed E-state index contributed by atoms with van der Waals surface area (Å²) in [6.45, 7) is 2.78. The molecular weight excluding hydrogens is 420 g/mol. The smallest absolute Gasteiger partial charge is 0.271 e. The van der Waals surface area contributed by atoms with Gasteiger partial charge in [0.05, 0.1) is 10.2 Å². The van der Waals surface area contributed by atoms with Gasteiger partial charge >= 0.3 is 0 Å². The van der Waals surface area contributed by atoms with Crippen LogP contribution < -0.4 is 16.0 Å². The van der Waals surface area contributed by atoms with Gasteiger partial charge in [0, 0.05) is 25.3 Å². The molecule has 0 aromatic carbocycles. The van der Waals surface area contributed by atoms with Crippen molar-refractivity contribution in [2.75, 3.05) is 23.8 Å². The van der Waals surface area contributed by atoms with Crippen LogP contribution in [0.25, 0.3) is 10.2 Å². The van der Waals surface area contributed by atoms with E-state index in [1.807, 2.05) is 11.4 Å². The molecule has 1 saturated carbocycles. The van der Waals surface area contributed by atoms with Gasteiger partial charge in [-0.25, -0.2) is 4.98 Å². The number of fused-ring (bicyclic) bond motifs is 1. The summed E-state index contributed by atoms with van der Waals surface area (Å²) in [5, 5.41) is 21.1. The highest BCUT2D eigenvalue weighted by Crippen LogP contribution is 2.32. The molecule has 0 spiro atoms. The molecule has 0 bridgehead atoms. The predicted molar refractivity (Wildman–Crippen MR) is 122 cm³/mol. The van der Waals surface area contributed by atoms with Gasteiger partial charge in [-0.1, -0.05) is 6.92 Å². The number of aromatic nitrogens is 3. The lowest BCUT2D eigenvalue weighted by atomic mass is 9.87. The van der Waals surface area contributed by atoms with Crippen LogP contribution >= 0.6 is 22.9 Å². The van der Waals surface area contributed by atoms with Crippen molar-refractivity contribution in [2.24, 2.45) is 5.92 Å². The highest BCUT2D eigenvalue weighted by atomic mass is 32.1. The minimum atomic E-state index is -0.254. The number of anilines is 3. The minimum Gasteiger partial charge on any atom is -0.396 e. The van der Waals surface area contributed by atoms with Crippen molar-refractivity contribution in [3.8, 4) is 0 Å². The number of hydrogen-bond acceptors (Lipinski definition) is 9. The van der Waals surface area contributed by atoms with E-state index in [2.05, 4.69) is 32.2 Å². The van der Waals surface area contributed by atoms with E-state index in [1.165, 1.54) is 24.4 Å². The molecule has 3 aromatic rings. The Labute approximate surface area is 183 Å². The third kappa shape index (κ3) is 5.05. The van der Waals surface area contributed by atoms with E-state index in [9.17, 15) is 4.79 Å². The molecule has 160 valence electrons. The van der Waals surface area contributed by atoms with Crippen molar-refractivity contribution < 1.29 is 9.90 Å². The number of hydrogen-bond donors (Lipinski definition) is 4. The standard InChI is InChI=1S/C20H26N6O2S2/c1-12-3-5-13(6-4-12)22-18-17-14(7-10-29-17)23-20(25-18)24-16-11-15(26-30-16)19(28)21-8-2-9-27/h7,10-13,27H,2-6,8-9H2,1H3,(H,21,28)(H2,22,23,24,25). The second-order valence-electron chi connectivity index (χ2n) is 7.67. The van der Waals surface area contributed by atoms with Crippen molar-refractivity contribution in [1.29, 1.82) is 0 Å². The normalized spacial score (nSPS) is 19.0. The summed E-state index contributed by atoms with van der Waals surface area (Å²) in [6.07, 6.45) is 5.32. The Morgan fingerprint density at radius 2 is 2.10 bits per heavy atom. The van der Waals surface area contributed by atoms with Gasteiger partial charge < -0.3 is 21.1 Å². The van der Waals surface area contributed by atoms with Crippen LogP contribution in [0, 0.1) is 5.92 Å². The van der Waals surface area contributed by atoms with Crippen LogP contribution in [-0.2, 0) is 0 Å². The minimum absolute atomic E-state index is 0.0444. The van der Waals surface area contributed by atoms with Crippen LogP contribution in [0.5, 0.6) is 0 Å². The molecule has 1 aliphatic carbocycles. The Morgan fingerprint density at radius 3 is 2.90 bits per heavy atom. The lowest BCUT2D eigenvalue weighted by molar-refractivity contribution is 0.0947. The number of nitrogens with one attached hydrogen (secondary N) is 3. The van der Waals surface area contributed by atoms with Crippen molar-refractivity contribution in [2.45, 2.75) is 45.1 Å². The number of thiophene rings is 1. The van der Waals surface area contributed by atoms with Crippen LogP contribution in [0.2, 0.25) is 0 Å². The van der Waals surface area contributed by atoms with Crippen molar-refractivity contribution in [1.82, 2.24) is 19.7 Å². The topological polar surface area (TPSA) is 112 Å². The lowest BCUT2D eigenvalue weighted by Crippen LogP contribution is -2.25. The van der Waals surface area contributed by atoms with Gasteiger partial charge in [-0.05, 0) is 61.0 Å². The molecule has 4 rings (SSSR count). The van der Waals surface area contributed by atoms with Gasteiger partial charge in [0.2, 0.25) is 5.95 Å². The van der Waals surface area contributed by atoms with E-state index in [1.54, 1.807) is 17.4 Å². The van der Waals surface area contributed by atoms with Crippen molar-refractivity contribution in [3.05, 3.63) is 23.2 Å². The number of nitrogens with zero attached hydrogens (tertiary/aromatic N) is 3. The Hall–Kier alpha value is -2.30. The number of aliphatic hydroxyl groups excluding tert-OH is 1. The molecule has 1 aliphatic rings. The lowest BCUT2D eigenvalue weighted by Gasteiger charge is -2.27. The van der Waals surface area contributed by atoms with Crippen LogP contribution in [0.3, 0.4) is 0 Å². The largest absolute Gasteiger partial charge is 0.396 e. The van der Waals surface area contributed by atoms with E-state index in [4.69, 9.17) is 10.1 Å². The van der Waals surface area contributed by atoms with Gasteiger partial charge in [0.1, 0.15) is 16.5 Å². The average Bonchev–Trinajstić information content (AvgIpc) is 3.39. The van der Waals surface area contributed by atoms with E-state index in [0.29, 0.717) is 35.7 Å². The average molecular weight is 447 g/mol. The molecule has 0 aliphatic heterocycles. The number of rotatable bonds is 8. The van der Waals surface area contributed by atoms with Gasteiger partial charge in [0.25, 0.3) is 5.91 Å². The molecule has 1 amide bonds. The quantitative estimate of drug-likeness (QED) is 0.387. The van der Waals surface area contributed by atoms with E-state index in [-0.39, 0.29) is 12.5 Å². The summed E-state index contributed by atoms with van der Waals surface area (Å²) in [5.74, 6) is 1.90. The molecule has 30 heavy (non-hydrogen) atoms. The maximum absolute atomic E-state index is 12.1. The first-order valence-electron chi connectivity index (χ1n) is 10.3. The highest BCUT2D eigenvalue weighted by Gasteiger charge is 2.20. The molecular formula is C20H26N6O2S2. The fourth-order valence-corrected chi connectivity index (χ4v) is 4.96. The molecule has 0 unspecified atom stereocenters. The monoisotopic (exact) mass is 446 g/mol. The van der Waals surface area contributed by atoms with Gasteiger partial charge in [0.15, 0.2) is 0 Å². The Bertz CT molecular complexity index is 996. The zero-order valence-corrected chi connectivity index (χ0v) is 18.5. The summed E-state index contributed by atoms with van der Waals surface area (Å²) in [4.78, 5) is 21.4. The van der Waals surface area contributed by atoms with Gasteiger partial charge in [-0.15, -0.1) is 11.3 Å². The molecule has 0 saturated heterocycles. The summed E-state index contributed by atoms with van der Waals surface area (Å²) < 4.78 is 5.26. The number of carbonyl (C=O) groups excluding carboxylic acids is 1. The van der Waals surface area contributed by atoms with Crippen LogP contribution in [0.15, 0.2) is 17.5 Å². The molecule has 0 radical (unpaired) electrons. The molecule has 0 atom stereocenters. The van der Waals surface area contributed by atoms with Crippen LogP contribution in [-0.4, -0.2) is 44.5 Å². The maximum atomic E-state index is 12.1. The molecule has 3 heterocycles. The summed E-state index contributed by atoms with van der Waals surface area (Å²) in [7, 11) is 0. The SMILES string of the molecule is CC1CCC(Nc2nc(Nc3cc(C(=O)NCCCO)ns3)nc3ccsc23)CC1. The second-order valence-corrected chi connectivity index (χ2v) is 9.39. The van der Waals surface area contributed by atoms with Crippen molar-refractivity contribution >= 4 is 55.8 Å². The molecule has 4 N–H and O–H groups in total. The Morgan fingerprint density at radius 1 is 1.27 bits per heavy atom. The summed E-state index contributed by atoms with van der Waals surface area (Å²) >= 11 is 2.83. The summed E-state index contributed by atoms with van der Waals surface area (Å²) in [6, 6.07) is 4.12. The van der Waals surface area contributed by atoms with Crippen LogP contribution in [0.4, 0.5) is 16.8 Å². The first-order chi connectivity index (χ1) is 14.6. The fraction of sp³-hybridized carbons (Fsp3) is 0.500. The zero-order chi connectivity index (χ0) is 20.9. The predicted octanol–water partition coefficient (Wildman–Crippen LogP) is 3.99.